The number of rotatable bonds is 8. The van der Waals surface area contributed by atoms with Gasteiger partial charge < -0.3 is 15.2 Å². The van der Waals surface area contributed by atoms with Gasteiger partial charge in [-0.2, -0.15) is 0 Å². The van der Waals surface area contributed by atoms with Gasteiger partial charge in [0.25, 0.3) is 5.56 Å². The van der Waals surface area contributed by atoms with Crippen molar-refractivity contribution in [1.29, 1.82) is 0 Å². The predicted molar refractivity (Wildman–Crippen MR) is 107 cm³/mol. The van der Waals surface area contributed by atoms with Crippen molar-refractivity contribution in [1.82, 2.24) is 9.55 Å². The van der Waals surface area contributed by atoms with Crippen molar-refractivity contribution in [3.05, 3.63) is 33.1 Å². The first-order valence-electron chi connectivity index (χ1n) is 10.0. The average molecular weight is 461 g/mol. The van der Waals surface area contributed by atoms with Crippen molar-refractivity contribution in [2.75, 3.05) is 13.2 Å². The number of ether oxygens (including phenoxy) is 2. The summed E-state index contributed by atoms with van der Waals surface area (Å²) in [4.78, 5) is 37.1. The van der Waals surface area contributed by atoms with Gasteiger partial charge in [0.1, 0.15) is 12.2 Å². The van der Waals surface area contributed by atoms with Crippen molar-refractivity contribution in [2.24, 2.45) is 5.73 Å². The van der Waals surface area contributed by atoms with Gasteiger partial charge in [0, 0.05) is 18.7 Å². The van der Waals surface area contributed by atoms with Crippen LogP contribution in [0.3, 0.4) is 0 Å². The number of aromatic nitrogens is 2. The van der Waals surface area contributed by atoms with Gasteiger partial charge in [-0.15, -0.1) is 0 Å². The van der Waals surface area contributed by atoms with Gasteiger partial charge in [0.05, 0.1) is 24.9 Å². The molecule has 1 unspecified atom stereocenters. The summed E-state index contributed by atoms with van der Waals surface area (Å²) in [6, 6.07) is 1.17. The van der Waals surface area contributed by atoms with Gasteiger partial charge in [0.15, 0.2) is 6.23 Å². The zero-order chi connectivity index (χ0) is 22.8. The molecule has 0 bridgehead atoms. The fourth-order valence-electron chi connectivity index (χ4n) is 3.48. The Bertz CT molecular complexity index is 957. The molecule has 174 valence electrons. The van der Waals surface area contributed by atoms with Gasteiger partial charge >= 0.3 is 19.5 Å². The molecule has 1 aromatic rings. The molecule has 0 saturated carbocycles. The van der Waals surface area contributed by atoms with Gasteiger partial charge in [-0.05, 0) is 33.6 Å². The molecular weight excluding hydrogens is 433 g/mol. The number of nitrogens with one attached hydrogen (secondary N) is 1. The van der Waals surface area contributed by atoms with Gasteiger partial charge in [-0.1, -0.05) is 0 Å². The quantitative estimate of drug-likeness (QED) is 0.322. The Morgan fingerprint density at radius 3 is 2.84 bits per heavy atom. The van der Waals surface area contributed by atoms with Crippen LogP contribution in [0.25, 0.3) is 0 Å². The van der Waals surface area contributed by atoms with Crippen molar-refractivity contribution in [3.8, 4) is 0 Å². The number of carbonyl (C=O) groups excluding carboxylic acids is 1. The SMILES string of the molecule is CC(C)OC(=O)CCCCOP1(=O)OC[C@H]2O[C@@H](n3ccc(=O)[nH]c3=O)[C@](C)(N)[C@@H]2O1. The number of fused-ring (bicyclic) bond motifs is 1. The minimum absolute atomic E-state index is 0.0502. The van der Waals surface area contributed by atoms with Gasteiger partial charge in [-0.25, -0.2) is 9.36 Å². The maximum absolute atomic E-state index is 12.9. The average Bonchev–Trinajstić information content (AvgIpc) is 2.91. The van der Waals surface area contributed by atoms with Crippen LogP contribution >= 0.6 is 7.82 Å². The van der Waals surface area contributed by atoms with Crippen molar-refractivity contribution < 1.29 is 32.4 Å². The Hall–Kier alpha value is -1.82. The van der Waals surface area contributed by atoms with E-state index in [0.717, 1.165) is 4.57 Å². The number of esters is 1. The summed E-state index contributed by atoms with van der Waals surface area (Å²) < 4.78 is 41.1. The van der Waals surface area contributed by atoms with Crippen LogP contribution in [-0.2, 0) is 32.4 Å². The molecule has 3 N–H and O–H groups in total. The normalized spacial score (nSPS) is 32.7. The van der Waals surface area contributed by atoms with Crippen LogP contribution in [-0.4, -0.2) is 52.6 Å². The number of aromatic amines is 1. The zero-order valence-electron chi connectivity index (χ0n) is 17.6. The summed E-state index contributed by atoms with van der Waals surface area (Å²) in [5.41, 5.74) is 3.89. The number of unbranched alkanes of at least 4 members (excludes halogenated alkanes) is 1. The molecule has 1 aromatic heterocycles. The lowest BCUT2D eigenvalue weighted by Crippen LogP contribution is -2.55. The van der Waals surface area contributed by atoms with Crippen LogP contribution in [0.15, 0.2) is 21.9 Å². The summed E-state index contributed by atoms with van der Waals surface area (Å²) in [5.74, 6) is -0.305. The number of hydrogen-bond donors (Lipinski definition) is 2. The van der Waals surface area contributed by atoms with Crippen LogP contribution in [0.2, 0.25) is 0 Å². The van der Waals surface area contributed by atoms with E-state index in [1.807, 2.05) is 0 Å². The molecule has 12 nitrogen and oxygen atoms in total. The van der Waals surface area contributed by atoms with E-state index in [1.54, 1.807) is 20.8 Å². The van der Waals surface area contributed by atoms with Gasteiger partial charge in [-0.3, -0.25) is 32.7 Å². The molecule has 2 aliphatic heterocycles. The first kappa shape index (κ1) is 23.8. The highest BCUT2D eigenvalue weighted by Crippen LogP contribution is 2.58. The smallest absolute Gasteiger partial charge is 0.463 e. The van der Waals surface area contributed by atoms with E-state index >= 15 is 0 Å². The Labute approximate surface area is 178 Å². The van der Waals surface area contributed by atoms with E-state index in [4.69, 9.17) is 28.8 Å². The van der Waals surface area contributed by atoms with Crippen molar-refractivity contribution in [2.45, 2.75) is 70.1 Å². The predicted octanol–water partition coefficient (Wildman–Crippen LogP) is 0.813. The number of phosphoric acid groups is 1. The highest BCUT2D eigenvalue weighted by atomic mass is 31.2. The van der Waals surface area contributed by atoms with E-state index in [0.29, 0.717) is 12.8 Å². The molecule has 0 radical (unpaired) electrons. The lowest BCUT2D eigenvalue weighted by Gasteiger charge is -2.35. The van der Waals surface area contributed by atoms with Crippen LogP contribution in [0, 0.1) is 0 Å². The van der Waals surface area contributed by atoms with Crippen LogP contribution < -0.4 is 17.0 Å². The van der Waals surface area contributed by atoms with E-state index in [-0.39, 0.29) is 31.7 Å². The topological polar surface area (TPSA) is 161 Å². The first-order valence-corrected chi connectivity index (χ1v) is 11.5. The second-order valence-corrected chi connectivity index (χ2v) is 9.63. The molecule has 2 fully saturated rings. The zero-order valence-corrected chi connectivity index (χ0v) is 18.5. The van der Waals surface area contributed by atoms with Crippen LogP contribution in [0.1, 0.15) is 46.3 Å². The van der Waals surface area contributed by atoms with Crippen molar-refractivity contribution in [3.63, 3.8) is 0 Å². The highest BCUT2D eigenvalue weighted by Gasteiger charge is 2.59. The molecule has 0 aromatic carbocycles. The minimum Gasteiger partial charge on any atom is -0.463 e. The molecule has 31 heavy (non-hydrogen) atoms. The lowest BCUT2D eigenvalue weighted by molar-refractivity contribution is -0.147. The second kappa shape index (κ2) is 9.35. The van der Waals surface area contributed by atoms with Crippen LogP contribution in [0.5, 0.6) is 0 Å². The maximum Gasteiger partial charge on any atom is 0.475 e. The largest absolute Gasteiger partial charge is 0.475 e. The van der Waals surface area contributed by atoms with E-state index in [9.17, 15) is 18.9 Å². The van der Waals surface area contributed by atoms with Crippen LogP contribution in [0.4, 0.5) is 0 Å². The van der Waals surface area contributed by atoms with Crippen molar-refractivity contribution >= 4 is 13.8 Å². The molecule has 3 rings (SSSR count). The molecular formula is C18H28N3O9P. The first-order chi connectivity index (χ1) is 14.5. The van der Waals surface area contributed by atoms with E-state index < -0.39 is 43.0 Å². The Balaban J connectivity index is 1.58. The number of nitrogens with zero attached hydrogens (tertiary/aromatic N) is 1. The molecule has 0 spiro atoms. The summed E-state index contributed by atoms with van der Waals surface area (Å²) >= 11 is 0. The Morgan fingerprint density at radius 1 is 1.42 bits per heavy atom. The number of carbonyl (C=O) groups is 1. The maximum atomic E-state index is 12.9. The molecule has 3 heterocycles. The third kappa shape index (κ3) is 5.51. The molecule has 13 heteroatoms. The molecule has 0 amide bonds. The number of nitrogens with two attached hydrogens (primary N) is 1. The highest BCUT2D eigenvalue weighted by molar-refractivity contribution is 7.48. The summed E-state index contributed by atoms with van der Waals surface area (Å²) in [5, 5.41) is 0. The van der Waals surface area contributed by atoms with E-state index in [2.05, 4.69) is 4.98 Å². The Kier molecular flexibility index (Phi) is 7.19. The number of H-pyrrole nitrogens is 1. The standard InChI is InChI=1S/C18H28N3O9P/c1-11(2)28-14(23)6-4-5-9-26-31(25)27-10-12-15(30-31)18(3,19)16(29-12)21-8-7-13(22)20-17(21)24/h7-8,11-12,15-16H,4-6,9-10,19H2,1-3H3,(H,20,22,24)/t12-,15-,16-,18-,31?/m1/s1. The lowest BCUT2D eigenvalue weighted by atomic mass is 9.93. The Morgan fingerprint density at radius 2 is 2.16 bits per heavy atom. The molecule has 2 aliphatic rings. The summed E-state index contributed by atoms with van der Waals surface area (Å²) in [6.45, 7) is 5.08. The molecule has 5 atom stereocenters. The van der Waals surface area contributed by atoms with Gasteiger partial charge in [0.2, 0.25) is 0 Å². The fraction of sp³-hybridized carbons (Fsp3) is 0.722. The third-order valence-corrected chi connectivity index (χ3v) is 6.37. The number of hydrogen-bond acceptors (Lipinski definition) is 10. The summed E-state index contributed by atoms with van der Waals surface area (Å²) in [6.07, 6.45) is -0.276. The second-order valence-electron chi connectivity index (χ2n) is 8.01. The third-order valence-electron chi connectivity index (χ3n) is 4.92. The van der Waals surface area contributed by atoms with E-state index in [1.165, 1.54) is 12.3 Å². The number of phosphoric ester groups is 1. The fourth-order valence-corrected chi connectivity index (χ4v) is 5.00. The minimum atomic E-state index is -3.91. The summed E-state index contributed by atoms with van der Waals surface area (Å²) in [7, 11) is -3.91. The monoisotopic (exact) mass is 461 g/mol. The molecule has 2 saturated heterocycles. The molecule has 0 aliphatic carbocycles.